The molecule has 3 heterocycles. The van der Waals surface area contributed by atoms with Crippen molar-refractivity contribution in [2.45, 2.75) is 50.7 Å². The SMILES string of the molecule is CN(Cc1ccco1)Cc1cc2c(n(CCN3CCCCC3)c1=O)=CC(Cl)CC=2. The molecule has 1 aliphatic heterocycles. The maximum atomic E-state index is 13.4. The first-order chi connectivity index (χ1) is 14.1. The van der Waals surface area contributed by atoms with E-state index in [9.17, 15) is 4.79 Å². The average Bonchev–Trinajstić information content (AvgIpc) is 3.22. The Bertz CT molecular complexity index is 990. The van der Waals surface area contributed by atoms with Gasteiger partial charge in [0, 0.05) is 30.5 Å². The second-order valence-electron chi connectivity index (χ2n) is 8.24. The van der Waals surface area contributed by atoms with Gasteiger partial charge in [-0.1, -0.05) is 12.5 Å². The van der Waals surface area contributed by atoms with Crippen LogP contribution in [0.2, 0.25) is 0 Å². The van der Waals surface area contributed by atoms with Gasteiger partial charge in [-0.15, -0.1) is 11.6 Å². The first kappa shape index (κ1) is 20.5. The molecule has 1 saturated heterocycles. The van der Waals surface area contributed by atoms with Gasteiger partial charge >= 0.3 is 0 Å². The van der Waals surface area contributed by atoms with Gasteiger partial charge in [-0.3, -0.25) is 9.69 Å². The van der Waals surface area contributed by atoms with E-state index in [-0.39, 0.29) is 10.9 Å². The number of fused-ring (bicyclic) bond motifs is 1. The molecule has 0 amide bonds. The molecule has 1 aliphatic carbocycles. The molecule has 1 atom stereocenters. The minimum atomic E-state index is -0.0457. The van der Waals surface area contributed by atoms with Gasteiger partial charge in [0.25, 0.3) is 5.56 Å². The monoisotopic (exact) mass is 415 g/mol. The van der Waals surface area contributed by atoms with Crippen molar-refractivity contribution in [3.05, 3.63) is 56.7 Å². The molecule has 0 N–H and O–H groups in total. The van der Waals surface area contributed by atoms with Crippen molar-refractivity contribution < 1.29 is 4.42 Å². The zero-order chi connectivity index (χ0) is 20.2. The molecule has 0 aromatic carbocycles. The van der Waals surface area contributed by atoms with Gasteiger partial charge in [-0.2, -0.15) is 0 Å². The normalized spacial score (nSPS) is 19.6. The van der Waals surface area contributed by atoms with Crippen LogP contribution in [0.3, 0.4) is 0 Å². The van der Waals surface area contributed by atoms with Crippen molar-refractivity contribution in [1.29, 1.82) is 0 Å². The van der Waals surface area contributed by atoms with Gasteiger partial charge in [-0.05, 0) is 68.9 Å². The molecule has 2 aliphatic rings. The number of aromatic nitrogens is 1. The molecule has 0 bridgehead atoms. The summed E-state index contributed by atoms with van der Waals surface area (Å²) in [5, 5.41) is 2.06. The number of hydrogen-bond donors (Lipinski definition) is 0. The van der Waals surface area contributed by atoms with Crippen molar-refractivity contribution in [2.24, 2.45) is 0 Å². The first-order valence-electron chi connectivity index (χ1n) is 10.6. The molecule has 2 aromatic rings. The summed E-state index contributed by atoms with van der Waals surface area (Å²) >= 11 is 6.39. The van der Waals surface area contributed by atoms with Crippen molar-refractivity contribution in [1.82, 2.24) is 14.4 Å². The molecule has 6 heteroatoms. The van der Waals surface area contributed by atoms with Crippen LogP contribution in [-0.4, -0.2) is 46.4 Å². The molecule has 2 aromatic heterocycles. The molecular weight excluding hydrogens is 386 g/mol. The molecule has 1 unspecified atom stereocenters. The number of furan rings is 1. The highest BCUT2D eigenvalue weighted by Crippen LogP contribution is 2.10. The van der Waals surface area contributed by atoms with Crippen LogP contribution in [0.4, 0.5) is 0 Å². The van der Waals surface area contributed by atoms with E-state index in [1.807, 2.05) is 35.9 Å². The van der Waals surface area contributed by atoms with E-state index >= 15 is 0 Å². The van der Waals surface area contributed by atoms with Gasteiger partial charge < -0.3 is 13.9 Å². The number of alkyl halides is 1. The van der Waals surface area contributed by atoms with E-state index in [0.717, 1.165) is 47.9 Å². The summed E-state index contributed by atoms with van der Waals surface area (Å²) in [4.78, 5) is 18.0. The van der Waals surface area contributed by atoms with Crippen LogP contribution < -0.4 is 16.1 Å². The third kappa shape index (κ3) is 5.03. The molecule has 0 saturated carbocycles. The summed E-state index contributed by atoms with van der Waals surface area (Å²) in [5.74, 6) is 0.903. The number of piperidine rings is 1. The lowest BCUT2D eigenvalue weighted by atomic mass is 10.1. The van der Waals surface area contributed by atoms with Gasteiger partial charge in [0.05, 0.1) is 18.2 Å². The fraction of sp³-hybridized carbons (Fsp3) is 0.522. The Morgan fingerprint density at radius 1 is 1.21 bits per heavy atom. The fourth-order valence-electron chi connectivity index (χ4n) is 4.37. The van der Waals surface area contributed by atoms with E-state index in [0.29, 0.717) is 19.6 Å². The van der Waals surface area contributed by atoms with E-state index in [2.05, 4.69) is 15.9 Å². The second-order valence-corrected chi connectivity index (χ2v) is 8.80. The highest BCUT2D eigenvalue weighted by atomic mass is 35.5. The van der Waals surface area contributed by atoms with Crippen molar-refractivity contribution in [3.63, 3.8) is 0 Å². The van der Waals surface area contributed by atoms with E-state index in [1.165, 1.54) is 19.3 Å². The van der Waals surface area contributed by atoms with Crippen LogP contribution in [0.1, 0.15) is 37.0 Å². The van der Waals surface area contributed by atoms with Crippen LogP contribution in [0.5, 0.6) is 0 Å². The molecular formula is C23H30ClN3O2. The van der Waals surface area contributed by atoms with Crippen molar-refractivity contribution in [2.75, 3.05) is 26.7 Å². The molecule has 0 spiro atoms. The highest BCUT2D eigenvalue weighted by molar-refractivity contribution is 6.24. The summed E-state index contributed by atoms with van der Waals surface area (Å²) in [6.45, 7) is 5.17. The lowest BCUT2D eigenvalue weighted by molar-refractivity contribution is 0.219. The average molecular weight is 416 g/mol. The van der Waals surface area contributed by atoms with Crippen molar-refractivity contribution in [3.8, 4) is 0 Å². The van der Waals surface area contributed by atoms with Crippen LogP contribution in [0.15, 0.2) is 33.7 Å². The van der Waals surface area contributed by atoms with Crippen LogP contribution in [0.25, 0.3) is 12.2 Å². The first-order valence-corrected chi connectivity index (χ1v) is 11.1. The predicted octanol–water partition coefficient (Wildman–Crippen LogP) is 2.13. The number of pyridine rings is 1. The maximum absolute atomic E-state index is 13.4. The Morgan fingerprint density at radius 2 is 2.03 bits per heavy atom. The standard InChI is InChI=1S/C23H30ClN3O2/c1-25(17-21-6-5-13-29-21)16-19-14-18-7-8-20(24)15-22(18)27(23(19)28)12-11-26-9-3-2-4-10-26/h5-7,13-15,20H,2-4,8-12,16-17H2,1H3. The Morgan fingerprint density at radius 3 is 2.79 bits per heavy atom. The van der Waals surface area contributed by atoms with Gasteiger partial charge in [-0.25, -0.2) is 0 Å². The minimum absolute atomic E-state index is 0.0457. The van der Waals surface area contributed by atoms with Gasteiger partial charge in [0.2, 0.25) is 0 Å². The minimum Gasteiger partial charge on any atom is -0.468 e. The molecule has 1 fully saturated rings. The molecule has 4 rings (SSSR count). The Balaban J connectivity index is 1.60. The van der Waals surface area contributed by atoms with E-state index in [4.69, 9.17) is 16.0 Å². The number of likely N-dealkylation sites (tertiary alicyclic amines) is 1. The lowest BCUT2D eigenvalue weighted by Gasteiger charge is -2.27. The molecule has 5 nitrogen and oxygen atoms in total. The van der Waals surface area contributed by atoms with Gasteiger partial charge in [0.1, 0.15) is 5.76 Å². The number of hydrogen-bond acceptors (Lipinski definition) is 4. The third-order valence-electron chi connectivity index (χ3n) is 5.87. The quantitative estimate of drug-likeness (QED) is 0.650. The highest BCUT2D eigenvalue weighted by Gasteiger charge is 2.16. The number of nitrogens with zero attached hydrogens (tertiary/aromatic N) is 3. The second kappa shape index (κ2) is 9.33. The Labute approximate surface area is 176 Å². The van der Waals surface area contributed by atoms with Crippen LogP contribution in [-0.2, 0) is 19.6 Å². The lowest BCUT2D eigenvalue weighted by Crippen LogP contribution is -2.49. The van der Waals surface area contributed by atoms with Crippen LogP contribution >= 0.6 is 11.6 Å². The summed E-state index contributed by atoms with van der Waals surface area (Å²) < 4.78 is 7.40. The smallest absolute Gasteiger partial charge is 0.255 e. The molecule has 0 radical (unpaired) electrons. The molecule has 29 heavy (non-hydrogen) atoms. The zero-order valence-corrected chi connectivity index (χ0v) is 17.9. The van der Waals surface area contributed by atoms with E-state index < -0.39 is 0 Å². The topological polar surface area (TPSA) is 41.6 Å². The maximum Gasteiger partial charge on any atom is 0.255 e. The van der Waals surface area contributed by atoms with Crippen LogP contribution in [0, 0.1) is 0 Å². The number of rotatable bonds is 7. The predicted molar refractivity (Wildman–Crippen MR) is 117 cm³/mol. The largest absolute Gasteiger partial charge is 0.468 e. The fourth-order valence-corrected chi connectivity index (χ4v) is 4.57. The van der Waals surface area contributed by atoms with Crippen molar-refractivity contribution >= 4 is 23.8 Å². The Hall–Kier alpha value is -1.82. The summed E-state index contributed by atoms with van der Waals surface area (Å²) in [6.07, 6.45) is 10.5. The zero-order valence-electron chi connectivity index (χ0n) is 17.1. The van der Waals surface area contributed by atoms with E-state index in [1.54, 1.807) is 6.26 Å². The van der Waals surface area contributed by atoms with Gasteiger partial charge in [0.15, 0.2) is 0 Å². The Kier molecular flexibility index (Phi) is 6.58. The number of halogens is 1. The summed E-state index contributed by atoms with van der Waals surface area (Å²) in [7, 11) is 2.02. The molecule has 156 valence electrons. The summed E-state index contributed by atoms with van der Waals surface area (Å²) in [5.41, 5.74) is 0.927. The third-order valence-corrected chi connectivity index (χ3v) is 6.18. The summed E-state index contributed by atoms with van der Waals surface area (Å²) in [6, 6.07) is 5.90.